The molecular formula is C13H12ClN. The van der Waals surface area contributed by atoms with Crippen LogP contribution in [0.25, 0.3) is 0 Å². The Balaban J connectivity index is 2.07. The number of likely N-dealkylation sites (N-methyl/N-ethyl adjacent to an activating group) is 1. The highest BCUT2D eigenvalue weighted by Gasteiger charge is 2.03. The molecule has 0 unspecified atom stereocenters. The van der Waals surface area contributed by atoms with Crippen LogP contribution in [0.2, 0.25) is 5.02 Å². The van der Waals surface area contributed by atoms with Crippen LogP contribution in [0.15, 0.2) is 53.8 Å². The van der Waals surface area contributed by atoms with Gasteiger partial charge in [0.1, 0.15) is 0 Å². The Morgan fingerprint density at radius 2 is 2.00 bits per heavy atom. The Morgan fingerprint density at radius 1 is 1.27 bits per heavy atom. The Kier molecular flexibility index (Phi) is 2.96. The fourth-order valence-corrected chi connectivity index (χ4v) is 1.63. The van der Waals surface area contributed by atoms with E-state index in [9.17, 15) is 0 Å². The van der Waals surface area contributed by atoms with Gasteiger partial charge in [-0.15, -0.1) is 5.73 Å². The molecule has 1 aromatic rings. The van der Waals surface area contributed by atoms with E-state index >= 15 is 0 Å². The van der Waals surface area contributed by atoms with E-state index < -0.39 is 0 Å². The molecule has 1 aromatic carbocycles. The fraction of sp³-hybridized carbons (Fsp3) is 0.154. The zero-order valence-corrected chi connectivity index (χ0v) is 9.33. The molecule has 0 amide bonds. The summed E-state index contributed by atoms with van der Waals surface area (Å²) < 4.78 is 0. The average molecular weight is 218 g/mol. The maximum absolute atomic E-state index is 5.83. The second-order valence-corrected chi connectivity index (χ2v) is 3.96. The van der Waals surface area contributed by atoms with Crippen molar-refractivity contribution in [3.05, 3.63) is 58.8 Å². The molecule has 0 radical (unpaired) electrons. The number of rotatable bonds is 3. The molecule has 0 N–H and O–H groups in total. The van der Waals surface area contributed by atoms with Gasteiger partial charge in [-0.05, 0) is 36.4 Å². The standard InChI is InChI=1S/C13H12ClN/c1-15(10-11-4-2-3-5-11)13-8-6-12(14)7-9-13/h2-4,6-9H,10H2,1H3. The monoisotopic (exact) mass is 217 g/mol. The van der Waals surface area contributed by atoms with Crippen molar-refractivity contribution >= 4 is 17.3 Å². The molecule has 0 fully saturated rings. The minimum absolute atomic E-state index is 0.770. The SMILES string of the molecule is CN(CC1=C=CC=C1)c1ccc(Cl)cc1. The van der Waals surface area contributed by atoms with Crippen LogP contribution >= 0.6 is 11.6 Å². The molecule has 0 saturated heterocycles. The number of hydrogen-bond acceptors (Lipinski definition) is 1. The number of hydrogen-bond donors (Lipinski definition) is 0. The summed E-state index contributed by atoms with van der Waals surface area (Å²) in [6.45, 7) is 0.870. The molecule has 0 atom stereocenters. The first-order chi connectivity index (χ1) is 7.25. The van der Waals surface area contributed by atoms with E-state index in [1.165, 1.54) is 5.57 Å². The number of anilines is 1. The molecule has 2 rings (SSSR count). The van der Waals surface area contributed by atoms with Gasteiger partial charge in [-0.1, -0.05) is 17.7 Å². The lowest BCUT2D eigenvalue weighted by Crippen LogP contribution is -2.18. The Morgan fingerprint density at radius 3 is 2.60 bits per heavy atom. The predicted molar refractivity (Wildman–Crippen MR) is 65.5 cm³/mol. The van der Waals surface area contributed by atoms with E-state index in [0.29, 0.717) is 0 Å². The van der Waals surface area contributed by atoms with Crippen molar-refractivity contribution in [2.45, 2.75) is 0 Å². The van der Waals surface area contributed by atoms with Crippen LogP contribution in [-0.2, 0) is 0 Å². The second-order valence-electron chi connectivity index (χ2n) is 3.53. The summed E-state index contributed by atoms with van der Waals surface area (Å²) in [6.07, 6.45) is 6.02. The zero-order chi connectivity index (χ0) is 10.7. The van der Waals surface area contributed by atoms with E-state index in [4.69, 9.17) is 11.6 Å². The summed E-state index contributed by atoms with van der Waals surface area (Å²) >= 11 is 5.83. The van der Waals surface area contributed by atoms with Gasteiger partial charge in [0, 0.05) is 29.9 Å². The number of allylic oxidation sites excluding steroid dienone is 1. The molecule has 2 heteroatoms. The van der Waals surface area contributed by atoms with Gasteiger partial charge >= 0.3 is 0 Å². The van der Waals surface area contributed by atoms with E-state index in [-0.39, 0.29) is 0 Å². The van der Waals surface area contributed by atoms with Crippen LogP contribution in [0.3, 0.4) is 0 Å². The van der Waals surface area contributed by atoms with Crippen molar-refractivity contribution < 1.29 is 0 Å². The predicted octanol–water partition coefficient (Wildman–Crippen LogP) is 3.43. The van der Waals surface area contributed by atoms with E-state index in [1.807, 2.05) is 36.4 Å². The average Bonchev–Trinajstić information content (AvgIpc) is 2.71. The highest BCUT2D eigenvalue weighted by atomic mass is 35.5. The minimum Gasteiger partial charge on any atom is -0.370 e. The third-order valence-corrected chi connectivity index (χ3v) is 2.59. The summed E-state index contributed by atoms with van der Waals surface area (Å²) in [4.78, 5) is 2.17. The molecular weight excluding hydrogens is 206 g/mol. The molecule has 15 heavy (non-hydrogen) atoms. The molecule has 0 heterocycles. The van der Waals surface area contributed by atoms with Crippen LogP contribution in [0.5, 0.6) is 0 Å². The lowest BCUT2D eigenvalue weighted by atomic mass is 10.2. The van der Waals surface area contributed by atoms with Gasteiger partial charge in [-0.3, -0.25) is 0 Å². The van der Waals surface area contributed by atoms with Crippen molar-refractivity contribution in [3.63, 3.8) is 0 Å². The van der Waals surface area contributed by atoms with Crippen LogP contribution < -0.4 is 4.90 Å². The molecule has 0 bridgehead atoms. The largest absolute Gasteiger partial charge is 0.370 e. The molecule has 0 aromatic heterocycles. The first-order valence-corrected chi connectivity index (χ1v) is 5.22. The summed E-state index contributed by atoms with van der Waals surface area (Å²) in [7, 11) is 2.06. The van der Waals surface area contributed by atoms with Gasteiger partial charge in [-0.2, -0.15) is 0 Å². The van der Waals surface area contributed by atoms with Gasteiger partial charge in [0.05, 0.1) is 0 Å². The summed E-state index contributed by atoms with van der Waals surface area (Å²) in [6, 6.07) is 7.85. The quantitative estimate of drug-likeness (QED) is 0.702. The first kappa shape index (κ1) is 10.1. The molecule has 0 aliphatic heterocycles. The Bertz CT molecular complexity index is 436. The zero-order valence-electron chi connectivity index (χ0n) is 8.57. The third kappa shape index (κ3) is 2.53. The molecule has 0 saturated carbocycles. The number of halogens is 1. The van der Waals surface area contributed by atoms with E-state index in [1.54, 1.807) is 0 Å². The maximum Gasteiger partial charge on any atom is 0.0498 e. The number of benzene rings is 1. The van der Waals surface area contributed by atoms with Crippen LogP contribution in [0.1, 0.15) is 0 Å². The topological polar surface area (TPSA) is 3.24 Å². The lowest BCUT2D eigenvalue weighted by Gasteiger charge is -2.18. The van der Waals surface area contributed by atoms with Gasteiger partial charge in [-0.25, -0.2) is 0 Å². The normalized spacial score (nSPS) is 13.1. The first-order valence-electron chi connectivity index (χ1n) is 4.84. The van der Waals surface area contributed by atoms with Crippen molar-refractivity contribution in [2.75, 3.05) is 18.5 Å². The van der Waals surface area contributed by atoms with Crippen LogP contribution in [-0.4, -0.2) is 13.6 Å². The van der Waals surface area contributed by atoms with Crippen molar-refractivity contribution in [1.29, 1.82) is 0 Å². The Labute approximate surface area is 95.0 Å². The summed E-state index contributed by atoms with van der Waals surface area (Å²) in [5.74, 6) is 0. The highest BCUT2D eigenvalue weighted by molar-refractivity contribution is 6.30. The van der Waals surface area contributed by atoms with Gasteiger partial charge in [0.25, 0.3) is 0 Å². The molecule has 1 nitrogen and oxygen atoms in total. The second kappa shape index (κ2) is 4.39. The van der Waals surface area contributed by atoms with Crippen LogP contribution in [0, 0.1) is 0 Å². The van der Waals surface area contributed by atoms with Gasteiger partial charge in [0.2, 0.25) is 0 Å². The number of nitrogens with zero attached hydrogens (tertiary/aromatic N) is 1. The molecule has 1 aliphatic carbocycles. The van der Waals surface area contributed by atoms with Gasteiger partial charge in [0.15, 0.2) is 0 Å². The fourth-order valence-electron chi connectivity index (χ4n) is 1.51. The van der Waals surface area contributed by atoms with Crippen LogP contribution in [0.4, 0.5) is 5.69 Å². The highest BCUT2D eigenvalue weighted by Crippen LogP contribution is 2.18. The Hall–Kier alpha value is -1.43. The smallest absolute Gasteiger partial charge is 0.0498 e. The van der Waals surface area contributed by atoms with Crippen molar-refractivity contribution in [3.8, 4) is 0 Å². The van der Waals surface area contributed by atoms with E-state index in [2.05, 4.69) is 23.8 Å². The van der Waals surface area contributed by atoms with Crippen molar-refractivity contribution in [1.82, 2.24) is 0 Å². The van der Waals surface area contributed by atoms with Gasteiger partial charge < -0.3 is 4.90 Å². The third-order valence-electron chi connectivity index (χ3n) is 2.34. The molecule has 76 valence electrons. The minimum atomic E-state index is 0.770. The molecule has 1 aliphatic rings. The van der Waals surface area contributed by atoms with Crippen molar-refractivity contribution in [2.24, 2.45) is 0 Å². The lowest BCUT2D eigenvalue weighted by molar-refractivity contribution is 1.01. The van der Waals surface area contributed by atoms with E-state index in [0.717, 1.165) is 17.3 Å². The summed E-state index contributed by atoms with van der Waals surface area (Å²) in [5.41, 5.74) is 5.54. The molecule has 0 spiro atoms. The summed E-state index contributed by atoms with van der Waals surface area (Å²) in [5, 5.41) is 0.770. The maximum atomic E-state index is 5.83.